The molecule has 3 N–H and O–H groups in total. The zero-order valence-corrected chi connectivity index (χ0v) is 13.0. The van der Waals surface area contributed by atoms with Crippen LogP contribution in [0.15, 0.2) is 30.3 Å². The summed E-state index contributed by atoms with van der Waals surface area (Å²) in [5.74, 6) is 0.111. The van der Waals surface area contributed by atoms with Crippen molar-refractivity contribution in [3.8, 4) is 0 Å². The molecule has 1 aromatic carbocycles. The number of nitrogens with one attached hydrogen (secondary N) is 1. The summed E-state index contributed by atoms with van der Waals surface area (Å²) in [7, 11) is 1.62. The predicted molar refractivity (Wildman–Crippen MR) is 83.5 cm³/mol. The van der Waals surface area contributed by atoms with E-state index in [0.29, 0.717) is 12.5 Å². The van der Waals surface area contributed by atoms with Gasteiger partial charge >= 0.3 is 0 Å². The lowest BCUT2D eigenvalue weighted by molar-refractivity contribution is -0.135. The van der Waals surface area contributed by atoms with Crippen LogP contribution in [0.3, 0.4) is 0 Å². The molecule has 0 aliphatic rings. The summed E-state index contributed by atoms with van der Waals surface area (Å²) in [5, 5.41) is 2.79. The molecular weight excluding hydrogens is 266 g/mol. The van der Waals surface area contributed by atoms with Crippen molar-refractivity contribution >= 4 is 11.8 Å². The van der Waals surface area contributed by atoms with Crippen molar-refractivity contribution in [1.82, 2.24) is 10.2 Å². The average Bonchev–Trinajstić information content (AvgIpc) is 2.45. The second kappa shape index (κ2) is 8.42. The van der Waals surface area contributed by atoms with Crippen molar-refractivity contribution in [1.29, 1.82) is 0 Å². The van der Waals surface area contributed by atoms with Crippen molar-refractivity contribution in [3.05, 3.63) is 35.9 Å². The molecule has 2 amide bonds. The number of rotatable bonds is 7. The van der Waals surface area contributed by atoms with Crippen LogP contribution in [0.2, 0.25) is 0 Å². The van der Waals surface area contributed by atoms with Gasteiger partial charge in [0.1, 0.15) is 0 Å². The van der Waals surface area contributed by atoms with E-state index in [1.165, 1.54) is 4.90 Å². The molecule has 5 heteroatoms. The highest BCUT2D eigenvalue weighted by atomic mass is 16.2. The maximum Gasteiger partial charge on any atom is 0.239 e. The Hall–Kier alpha value is -1.88. The normalized spacial score (nSPS) is 12.0. The Labute approximate surface area is 126 Å². The molecule has 21 heavy (non-hydrogen) atoms. The highest BCUT2D eigenvalue weighted by Gasteiger charge is 2.17. The number of hydrogen-bond acceptors (Lipinski definition) is 3. The largest absolute Gasteiger partial charge is 0.354 e. The van der Waals surface area contributed by atoms with Crippen LogP contribution in [-0.2, 0) is 9.59 Å². The molecule has 1 unspecified atom stereocenters. The Kier molecular flexibility index (Phi) is 6.88. The first-order chi connectivity index (χ1) is 9.90. The highest BCUT2D eigenvalue weighted by molar-refractivity contribution is 5.84. The second-order valence-electron chi connectivity index (χ2n) is 5.67. The summed E-state index contributed by atoms with van der Waals surface area (Å²) in [4.78, 5) is 25.2. The molecule has 0 saturated heterocycles. The van der Waals surface area contributed by atoms with E-state index in [2.05, 4.69) is 5.32 Å². The molecule has 0 fully saturated rings. The first kappa shape index (κ1) is 17.2. The van der Waals surface area contributed by atoms with Crippen LogP contribution in [0.4, 0.5) is 0 Å². The molecule has 1 atom stereocenters. The molecule has 5 nitrogen and oxygen atoms in total. The smallest absolute Gasteiger partial charge is 0.239 e. The summed E-state index contributed by atoms with van der Waals surface area (Å²) in [6.45, 7) is 4.72. The maximum absolute atomic E-state index is 12.1. The van der Waals surface area contributed by atoms with Gasteiger partial charge in [-0.3, -0.25) is 9.59 Å². The second-order valence-corrected chi connectivity index (χ2v) is 5.67. The van der Waals surface area contributed by atoms with Crippen LogP contribution in [0, 0.1) is 5.92 Å². The van der Waals surface area contributed by atoms with Gasteiger partial charge in [-0.1, -0.05) is 44.2 Å². The molecule has 0 spiro atoms. The fourth-order valence-corrected chi connectivity index (χ4v) is 1.84. The van der Waals surface area contributed by atoms with Gasteiger partial charge in [-0.05, 0) is 11.5 Å². The summed E-state index contributed by atoms with van der Waals surface area (Å²) in [6.07, 6.45) is 0.192. The predicted octanol–water partition coefficient (Wildman–Crippen LogP) is 1.31. The van der Waals surface area contributed by atoms with E-state index in [-0.39, 0.29) is 30.8 Å². The minimum absolute atomic E-state index is 0.0626. The van der Waals surface area contributed by atoms with Crippen LogP contribution < -0.4 is 11.1 Å². The summed E-state index contributed by atoms with van der Waals surface area (Å²) < 4.78 is 0. The lowest BCUT2D eigenvalue weighted by Gasteiger charge is -2.19. The van der Waals surface area contributed by atoms with Gasteiger partial charge in [0, 0.05) is 26.1 Å². The van der Waals surface area contributed by atoms with E-state index >= 15 is 0 Å². The topological polar surface area (TPSA) is 75.4 Å². The number of carbonyl (C=O) groups is 2. The van der Waals surface area contributed by atoms with Gasteiger partial charge in [-0.25, -0.2) is 0 Å². The number of benzene rings is 1. The monoisotopic (exact) mass is 291 g/mol. The first-order valence-corrected chi connectivity index (χ1v) is 7.21. The third kappa shape index (κ3) is 6.40. The standard InChI is InChI=1S/C16H25N3O2/c1-12(2)10-18-15(20)11-19(3)16(21)9-14(17)13-7-5-4-6-8-13/h4-8,12,14H,9-11,17H2,1-3H3,(H,18,20). The third-order valence-corrected chi connectivity index (χ3v) is 3.14. The van der Waals surface area contributed by atoms with Crippen LogP contribution in [0.1, 0.15) is 31.9 Å². The van der Waals surface area contributed by atoms with Gasteiger partial charge in [0.15, 0.2) is 0 Å². The molecule has 0 aliphatic heterocycles. The van der Waals surface area contributed by atoms with Crippen LogP contribution in [-0.4, -0.2) is 36.9 Å². The lowest BCUT2D eigenvalue weighted by Crippen LogP contribution is -2.40. The molecule has 0 bridgehead atoms. The number of hydrogen-bond donors (Lipinski definition) is 2. The Morgan fingerprint density at radius 3 is 2.43 bits per heavy atom. The zero-order chi connectivity index (χ0) is 15.8. The fraction of sp³-hybridized carbons (Fsp3) is 0.500. The van der Waals surface area contributed by atoms with Gasteiger partial charge in [0.05, 0.1) is 6.54 Å². The molecule has 0 radical (unpaired) electrons. The highest BCUT2D eigenvalue weighted by Crippen LogP contribution is 2.14. The Balaban J connectivity index is 2.42. The van der Waals surface area contributed by atoms with Crippen molar-refractivity contribution in [3.63, 3.8) is 0 Å². The molecule has 0 heterocycles. The van der Waals surface area contributed by atoms with Crippen molar-refractivity contribution in [2.24, 2.45) is 11.7 Å². The number of nitrogens with zero attached hydrogens (tertiary/aromatic N) is 1. The van der Waals surface area contributed by atoms with E-state index in [9.17, 15) is 9.59 Å². The van der Waals surface area contributed by atoms with E-state index in [0.717, 1.165) is 5.56 Å². The van der Waals surface area contributed by atoms with Crippen LogP contribution in [0.5, 0.6) is 0 Å². The van der Waals surface area contributed by atoms with Gasteiger partial charge in [0.25, 0.3) is 0 Å². The van der Waals surface area contributed by atoms with Crippen LogP contribution >= 0.6 is 0 Å². The van der Waals surface area contributed by atoms with E-state index in [4.69, 9.17) is 5.73 Å². The van der Waals surface area contributed by atoms with Crippen molar-refractivity contribution < 1.29 is 9.59 Å². The van der Waals surface area contributed by atoms with Gasteiger partial charge < -0.3 is 16.0 Å². The van der Waals surface area contributed by atoms with E-state index < -0.39 is 0 Å². The SMILES string of the molecule is CC(C)CNC(=O)CN(C)C(=O)CC(N)c1ccccc1. The fourth-order valence-electron chi connectivity index (χ4n) is 1.84. The maximum atomic E-state index is 12.1. The van der Waals surface area contributed by atoms with E-state index in [1.807, 2.05) is 44.2 Å². The molecule has 116 valence electrons. The number of amides is 2. The van der Waals surface area contributed by atoms with Crippen molar-refractivity contribution in [2.75, 3.05) is 20.1 Å². The molecule has 1 aromatic rings. The molecule has 0 saturated carbocycles. The molecular formula is C16H25N3O2. The minimum Gasteiger partial charge on any atom is -0.354 e. The number of carbonyl (C=O) groups excluding carboxylic acids is 2. The zero-order valence-electron chi connectivity index (χ0n) is 13.0. The molecule has 0 aliphatic carbocycles. The first-order valence-electron chi connectivity index (χ1n) is 7.21. The third-order valence-electron chi connectivity index (χ3n) is 3.14. The number of likely N-dealkylation sites (N-methyl/N-ethyl adjacent to an activating group) is 1. The summed E-state index contributed by atoms with van der Waals surface area (Å²) >= 11 is 0. The van der Waals surface area contributed by atoms with Gasteiger partial charge in [0.2, 0.25) is 11.8 Å². The Bertz CT molecular complexity index is 460. The van der Waals surface area contributed by atoms with E-state index in [1.54, 1.807) is 7.05 Å². The Morgan fingerprint density at radius 2 is 1.86 bits per heavy atom. The molecule has 1 rings (SSSR count). The number of nitrogens with two attached hydrogens (primary N) is 1. The minimum atomic E-state index is -0.347. The molecule has 0 aromatic heterocycles. The lowest BCUT2D eigenvalue weighted by atomic mass is 10.0. The van der Waals surface area contributed by atoms with Crippen molar-refractivity contribution in [2.45, 2.75) is 26.3 Å². The van der Waals surface area contributed by atoms with Gasteiger partial charge in [-0.15, -0.1) is 0 Å². The average molecular weight is 291 g/mol. The Morgan fingerprint density at radius 1 is 1.24 bits per heavy atom. The van der Waals surface area contributed by atoms with Gasteiger partial charge in [-0.2, -0.15) is 0 Å². The quantitative estimate of drug-likeness (QED) is 0.795. The summed E-state index contributed by atoms with van der Waals surface area (Å²) in [5.41, 5.74) is 6.93. The van der Waals surface area contributed by atoms with Crippen LogP contribution in [0.25, 0.3) is 0 Å². The summed E-state index contributed by atoms with van der Waals surface area (Å²) in [6, 6.07) is 9.13.